The number of primary amides is 1. The number of carbonyl (C=O) groups excluding carboxylic acids is 1. The lowest BCUT2D eigenvalue weighted by molar-refractivity contribution is -0.119. The second kappa shape index (κ2) is 4.57. The molecule has 74 valence electrons. The highest BCUT2D eigenvalue weighted by molar-refractivity contribution is 7.80. The third kappa shape index (κ3) is 2.70. The maximum atomic E-state index is 11.1. The van der Waals surface area contributed by atoms with Gasteiger partial charge in [0.1, 0.15) is 6.04 Å². The van der Waals surface area contributed by atoms with Gasteiger partial charge in [0.2, 0.25) is 5.91 Å². The molecule has 1 atom stereocenters. The average molecular weight is 209 g/mol. The standard InChI is InChI=1S/C9H11N3OS/c10-8(13)7(12-9(11)14)6-4-2-1-3-5-6/h1-5,7H,(H2,10,13)(H3,11,12,14). The molecule has 0 heterocycles. The number of carbonyl (C=O) groups is 1. The van der Waals surface area contributed by atoms with E-state index in [2.05, 4.69) is 17.5 Å². The minimum atomic E-state index is -0.659. The van der Waals surface area contributed by atoms with Crippen LogP contribution in [0.25, 0.3) is 0 Å². The zero-order chi connectivity index (χ0) is 10.6. The number of rotatable bonds is 3. The summed E-state index contributed by atoms with van der Waals surface area (Å²) >= 11 is 4.65. The van der Waals surface area contributed by atoms with Crippen LogP contribution in [0.2, 0.25) is 0 Å². The van der Waals surface area contributed by atoms with Gasteiger partial charge in [-0.15, -0.1) is 0 Å². The minimum Gasteiger partial charge on any atom is -0.376 e. The molecule has 1 amide bonds. The number of thiocarbonyl (C=S) groups is 1. The number of amides is 1. The van der Waals surface area contributed by atoms with Crippen LogP contribution in [0.3, 0.4) is 0 Å². The van der Waals surface area contributed by atoms with Crippen molar-refractivity contribution in [1.29, 1.82) is 0 Å². The van der Waals surface area contributed by atoms with Crippen LogP contribution in [0, 0.1) is 0 Å². The smallest absolute Gasteiger partial charge is 0.244 e. The van der Waals surface area contributed by atoms with Crippen molar-refractivity contribution in [1.82, 2.24) is 5.32 Å². The van der Waals surface area contributed by atoms with Crippen molar-refractivity contribution in [3.63, 3.8) is 0 Å². The first-order chi connectivity index (χ1) is 6.61. The summed E-state index contributed by atoms with van der Waals surface area (Å²) in [4.78, 5) is 11.1. The summed E-state index contributed by atoms with van der Waals surface area (Å²) in [6.45, 7) is 0. The summed E-state index contributed by atoms with van der Waals surface area (Å²) in [5.41, 5.74) is 11.2. The van der Waals surface area contributed by atoms with Crippen LogP contribution in [0.15, 0.2) is 30.3 Å². The van der Waals surface area contributed by atoms with Crippen LogP contribution in [0.5, 0.6) is 0 Å². The van der Waals surface area contributed by atoms with Crippen LogP contribution in [0.4, 0.5) is 0 Å². The summed E-state index contributed by atoms with van der Waals surface area (Å²) in [6, 6.07) is 8.37. The van der Waals surface area contributed by atoms with Gasteiger partial charge in [-0.25, -0.2) is 0 Å². The van der Waals surface area contributed by atoms with Gasteiger partial charge in [-0.2, -0.15) is 0 Å². The third-order valence-corrected chi connectivity index (χ3v) is 1.82. The Kier molecular flexibility index (Phi) is 3.41. The molecule has 0 aromatic heterocycles. The highest BCUT2D eigenvalue weighted by Crippen LogP contribution is 2.11. The number of nitrogens with two attached hydrogens (primary N) is 2. The van der Waals surface area contributed by atoms with Crippen molar-refractivity contribution in [2.24, 2.45) is 11.5 Å². The highest BCUT2D eigenvalue weighted by atomic mass is 32.1. The SMILES string of the molecule is NC(=O)C(NC(N)=S)c1ccccc1. The Morgan fingerprint density at radius 2 is 1.86 bits per heavy atom. The number of nitrogens with one attached hydrogen (secondary N) is 1. The van der Waals surface area contributed by atoms with Crippen LogP contribution < -0.4 is 16.8 Å². The molecular formula is C9H11N3OS. The molecule has 0 bridgehead atoms. The fourth-order valence-corrected chi connectivity index (χ4v) is 1.22. The predicted molar refractivity (Wildman–Crippen MR) is 58.3 cm³/mol. The average Bonchev–Trinajstić information content (AvgIpc) is 2.15. The summed E-state index contributed by atoms with van der Waals surface area (Å²) in [6.07, 6.45) is 0. The fourth-order valence-electron chi connectivity index (χ4n) is 1.11. The van der Waals surface area contributed by atoms with E-state index in [-0.39, 0.29) is 5.11 Å². The van der Waals surface area contributed by atoms with E-state index >= 15 is 0 Å². The fraction of sp³-hybridized carbons (Fsp3) is 0.111. The molecule has 0 radical (unpaired) electrons. The van der Waals surface area contributed by atoms with Gasteiger partial charge in [-0.1, -0.05) is 30.3 Å². The van der Waals surface area contributed by atoms with Gasteiger partial charge in [-0.3, -0.25) is 4.79 Å². The molecule has 5 heteroatoms. The second-order valence-electron chi connectivity index (χ2n) is 2.75. The molecule has 5 N–H and O–H groups in total. The molecule has 1 aromatic carbocycles. The summed E-state index contributed by atoms with van der Waals surface area (Å²) in [5, 5.41) is 2.68. The molecule has 1 unspecified atom stereocenters. The third-order valence-electron chi connectivity index (χ3n) is 1.70. The zero-order valence-corrected chi connectivity index (χ0v) is 8.25. The maximum absolute atomic E-state index is 11.1. The Labute approximate surface area is 87.3 Å². The van der Waals surface area contributed by atoms with E-state index in [0.717, 1.165) is 5.56 Å². The van der Waals surface area contributed by atoms with E-state index in [4.69, 9.17) is 11.5 Å². The van der Waals surface area contributed by atoms with E-state index in [1.54, 1.807) is 12.1 Å². The Morgan fingerprint density at radius 1 is 1.29 bits per heavy atom. The maximum Gasteiger partial charge on any atom is 0.244 e. The minimum absolute atomic E-state index is 0.0534. The molecule has 0 saturated heterocycles. The first-order valence-corrected chi connectivity index (χ1v) is 4.42. The molecule has 0 saturated carbocycles. The Hall–Kier alpha value is -1.62. The Balaban J connectivity index is 2.89. The number of hydrogen-bond acceptors (Lipinski definition) is 2. The highest BCUT2D eigenvalue weighted by Gasteiger charge is 2.16. The largest absolute Gasteiger partial charge is 0.376 e. The van der Waals surface area contributed by atoms with Gasteiger partial charge < -0.3 is 16.8 Å². The van der Waals surface area contributed by atoms with Gasteiger partial charge in [0.15, 0.2) is 5.11 Å². The lowest BCUT2D eigenvalue weighted by Gasteiger charge is -2.15. The van der Waals surface area contributed by atoms with Crippen molar-refractivity contribution >= 4 is 23.2 Å². The summed E-state index contributed by atoms with van der Waals surface area (Å²) in [7, 11) is 0. The molecule has 0 aliphatic heterocycles. The summed E-state index contributed by atoms with van der Waals surface area (Å²) < 4.78 is 0. The molecular weight excluding hydrogens is 198 g/mol. The molecule has 1 aromatic rings. The number of hydrogen-bond donors (Lipinski definition) is 3. The predicted octanol–water partition coefficient (Wildman–Crippen LogP) is 0.0462. The van der Waals surface area contributed by atoms with Gasteiger partial charge in [0.05, 0.1) is 0 Å². The molecule has 4 nitrogen and oxygen atoms in total. The van der Waals surface area contributed by atoms with Crippen molar-refractivity contribution in [2.75, 3.05) is 0 Å². The molecule has 14 heavy (non-hydrogen) atoms. The lowest BCUT2D eigenvalue weighted by Crippen LogP contribution is -2.40. The van der Waals surface area contributed by atoms with E-state index in [1.165, 1.54) is 0 Å². The van der Waals surface area contributed by atoms with Crippen LogP contribution in [0.1, 0.15) is 11.6 Å². The first-order valence-electron chi connectivity index (χ1n) is 4.01. The molecule has 1 rings (SSSR count). The summed E-state index contributed by atoms with van der Waals surface area (Å²) in [5.74, 6) is -0.510. The van der Waals surface area contributed by atoms with Crippen LogP contribution in [-0.4, -0.2) is 11.0 Å². The van der Waals surface area contributed by atoms with Crippen molar-refractivity contribution in [2.45, 2.75) is 6.04 Å². The lowest BCUT2D eigenvalue weighted by atomic mass is 10.1. The van der Waals surface area contributed by atoms with E-state index in [1.807, 2.05) is 18.2 Å². The van der Waals surface area contributed by atoms with Gasteiger partial charge in [0, 0.05) is 0 Å². The van der Waals surface area contributed by atoms with Crippen molar-refractivity contribution in [3.05, 3.63) is 35.9 Å². The quantitative estimate of drug-likeness (QED) is 0.614. The topological polar surface area (TPSA) is 81.1 Å². The molecule has 0 fully saturated rings. The van der Waals surface area contributed by atoms with Crippen molar-refractivity contribution < 1.29 is 4.79 Å². The Bertz CT molecular complexity index is 339. The van der Waals surface area contributed by atoms with Crippen LogP contribution in [-0.2, 0) is 4.79 Å². The second-order valence-corrected chi connectivity index (χ2v) is 3.19. The van der Waals surface area contributed by atoms with Gasteiger partial charge >= 0.3 is 0 Å². The monoisotopic (exact) mass is 209 g/mol. The normalized spacial score (nSPS) is 11.7. The molecule has 0 spiro atoms. The zero-order valence-electron chi connectivity index (χ0n) is 7.44. The van der Waals surface area contributed by atoms with E-state index < -0.39 is 11.9 Å². The Morgan fingerprint density at radius 3 is 2.29 bits per heavy atom. The van der Waals surface area contributed by atoms with Crippen LogP contribution >= 0.6 is 12.2 Å². The van der Waals surface area contributed by atoms with E-state index in [0.29, 0.717) is 0 Å². The first kappa shape index (κ1) is 10.5. The van der Waals surface area contributed by atoms with Gasteiger partial charge in [-0.05, 0) is 17.8 Å². The molecule has 0 aliphatic rings. The number of benzene rings is 1. The van der Waals surface area contributed by atoms with E-state index in [9.17, 15) is 4.79 Å². The van der Waals surface area contributed by atoms with Crippen molar-refractivity contribution in [3.8, 4) is 0 Å². The molecule has 0 aliphatic carbocycles. The van der Waals surface area contributed by atoms with Gasteiger partial charge in [0.25, 0.3) is 0 Å².